The Kier molecular flexibility index (Phi) is 7.04. The third-order valence-electron chi connectivity index (χ3n) is 5.71. The maximum Gasteiger partial charge on any atom is 0.295 e. The van der Waals surface area contributed by atoms with E-state index in [1.54, 1.807) is 48.8 Å². The standard InChI is InChI=1S/C27H26N2O5/c1-18-4-3-5-19(16-18)17-34-22-8-6-21(7-9-22)25(30)23-24(20-10-12-28-13-11-20)29(14-15-33-2)27(32)26(23)31/h3-13,16,24,30H,14-15,17H2,1-2H3/b25-23-. The van der Waals surface area contributed by atoms with Gasteiger partial charge in [0.25, 0.3) is 11.7 Å². The lowest BCUT2D eigenvalue weighted by Gasteiger charge is -2.24. The maximum absolute atomic E-state index is 12.9. The Labute approximate surface area is 198 Å². The summed E-state index contributed by atoms with van der Waals surface area (Å²) in [4.78, 5) is 31.2. The van der Waals surface area contributed by atoms with Crippen molar-refractivity contribution in [1.82, 2.24) is 9.88 Å². The molecule has 1 amide bonds. The molecule has 34 heavy (non-hydrogen) atoms. The number of methoxy groups -OCH3 is 1. The Morgan fingerprint density at radius 2 is 1.79 bits per heavy atom. The lowest BCUT2D eigenvalue weighted by Crippen LogP contribution is -2.32. The first-order valence-corrected chi connectivity index (χ1v) is 11.0. The van der Waals surface area contributed by atoms with Crippen molar-refractivity contribution < 1.29 is 24.2 Å². The summed E-state index contributed by atoms with van der Waals surface area (Å²) in [5.74, 6) is -0.997. The van der Waals surface area contributed by atoms with Gasteiger partial charge in [-0.3, -0.25) is 14.6 Å². The number of amides is 1. The van der Waals surface area contributed by atoms with Gasteiger partial charge in [0, 0.05) is 31.6 Å². The van der Waals surface area contributed by atoms with Crippen LogP contribution in [0.15, 0.2) is 78.6 Å². The highest BCUT2D eigenvalue weighted by atomic mass is 16.5. The molecule has 1 atom stereocenters. The van der Waals surface area contributed by atoms with E-state index in [-0.39, 0.29) is 24.5 Å². The molecule has 1 saturated heterocycles. The second-order valence-electron chi connectivity index (χ2n) is 8.07. The van der Waals surface area contributed by atoms with Gasteiger partial charge >= 0.3 is 0 Å². The van der Waals surface area contributed by atoms with E-state index in [4.69, 9.17) is 9.47 Å². The summed E-state index contributed by atoms with van der Waals surface area (Å²) in [6.07, 6.45) is 3.18. The van der Waals surface area contributed by atoms with Crippen LogP contribution in [0.2, 0.25) is 0 Å². The number of hydrogen-bond donors (Lipinski definition) is 1. The van der Waals surface area contributed by atoms with E-state index < -0.39 is 17.7 Å². The number of ether oxygens (including phenoxy) is 2. The van der Waals surface area contributed by atoms with Crippen LogP contribution in [0.5, 0.6) is 5.75 Å². The van der Waals surface area contributed by atoms with Gasteiger partial charge in [-0.2, -0.15) is 0 Å². The molecule has 1 fully saturated rings. The SMILES string of the molecule is COCCN1C(=O)C(=O)/C(=C(\O)c2ccc(OCc3cccc(C)c3)cc2)C1c1ccncc1. The Morgan fingerprint density at radius 3 is 2.47 bits per heavy atom. The van der Waals surface area contributed by atoms with Crippen molar-refractivity contribution in [3.05, 3.63) is 101 Å². The first-order chi connectivity index (χ1) is 16.5. The normalized spacial score (nSPS) is 17.2. The van der Waals surface area contributed by atoms with Crippen molar-refractivity contribution in [2.75, 3.05) is 20.3 Å². The molecule has 0 aliphatic carbocycles. The molecular weight excluding hydrogens is 432 g/mol. The van der Waals surface area contributed by atoms with E-state index in [0.717, 1.165) is 11.1 Å². The molecule has 7 heteroatoms. The number of pyridine rings is 1. The molecule has 2 heterocycles. The average molecular weight is 459 g/mol. The van der Waals surface area contributed by atoms with E-state index in [0.29, 0.717) is 23.5 Å². The van der Waals surface area contributed by atoms with Crippen molar-refractivity contribution in [2.45, 2.75) is 19.6 Å². The van der Waals surface area contributed by atoms with Crippen LogP contribution < -0.4 is 4.74 Å². The van der Waals surface area contributed by atoms with Gasteiger partial charge in [-0.15, -0.1) is 0 Å². The van der Waals surface area contributed by atoms with E-state index in [1.807, 2.05) is 25.1 Å². The fourth-order valence-electron chi connectivity index (χ4n) is 4.03. The Bertz CT molecular complexity index is 1210. The summed E-state index contributed by atoms with van der Waals surface area (Å²) in [6, 6.07) is 17.6. The number of rotatable bonds is 8. The molecular formula is C27H26N2O5. The molecule has 1 aliphatic heterocycles. The van der Waals surface area contributed by atoms with Crippen LogP contribution in [-0.4, -0.2) is 46.9 Å². The van der Waals surface area contributed by atoms with Gasteiger partial charge < -0.3 is 19.5 Å². The number of hydrogen-bond acceptors (Lipinski definition) is 6. The number of benzene rings is 2. The van der Waals surface area contributed by atoms with E-state index in [9.17, 15) is 14.7 Å². The van der Waals surface area contributed by atoms with E-state index in [1.165, 1.54) is 12.0 Å². The van der Waals surface area contributed by atoms with Crippen LogP contribution in [0, 0.1) is 6.92 Å². The topological polar surface area (TPSA) is 89.0 Å². The van der Waals surface area contributed by atoms with Crippen LogP contribution >= 0.6 is 0 Å². The molecule has 0 bridgehead atoms. The molecule has 0 saturated carbocycles. The van der Waals surface area contributed by atoms with Gasteiger partial charge in [-0.05, 0) is 54.4 Å². The number of aliphatic hydroxyl groups excluding tert-OH is 1. The van der Waals surface area contributed by atoms with Gasteiger partial charge in [0.05, 0.1) is 18.2 Å². The number of aryl methyl sites for hydroxylation is 1. The van der Waals surface area contributed by atoms with Gasteiger partial charge in [-0.25, -0.2) is 0 Å². The summed E-state index contributed by atoms with van der Waals surface area (Å²) in [6.45, 7) is 2.93. The Balaban J connectivity index is 1.62. The van der Waals surface area contributed by atoms with E-state index >= 15 is 0 Å². The van der Waals surface area contributed by atoms with Crippen molar-refractivity contribution >= 4 is 17.4 Å². The number of carbonyl (C=O) groups excluding carboxylic acids is 2. The molecule has 1 unspecified atom stereocenters. The molecule has 1 aromatic heterocycles. The van der Waals surface area contributed by atoms with Crippen LogP contribution in [-0.2, 0) is 20.9 Å². The lowest BCUT2D eigenvalue weighted by atomic mass is 9.96. The number of Topliss-reactive ketones (excluding diaryl/α,β-unsaturated/α-hetero) is 1. The molecule has 0 radical (unpaired) electrons. The molecule has 3 aromatic rings. The van der Waals surface area contributed by atoms with Crippen LogP contribution in [0.3, 0.4) is 0 Å². The zero-order chi connectivity index (χ0) is 24.1. The fourth-order valence-corrected chi connectivity index (χ4v) is 4.03. The van der Waals surface area contributed by atoms with Crippen LogP contribution in [0.25, 0.3) is 5.76 Å². The van der Waals surface area contributed by atoms with Crippen molar-refractivity contribution in [2.24, 2.45) is 0 Å². The monoisotopic (exact) mass is 458 g/mol. The zero-order valence-electron chi connectivity index (χ0n) is 19.1. The first kappa shape index (κ1) is 23.2. The number of aliphatic hydroxyl groups is 1. The highest BCUT2D eigenvalue weighted by Crippen LogP contribution is 2.39. The van der Waals surface area contributed by atoms with Crippen LogP contribution in [0.1, 0.15) is 28.3 Å². The molecule has 2 aromatic carbocycles. The maximum atomic E-state index is 12.9. The summed E-state index contributed by atoms with van der Waals surface area (Å²) < 4.78 is 11.0. The Hall–Kier alpha value is -3.97. The number of aromatic nitrogens is 1. The molecule has 1 aliphatic rings. The minimum Gasteiger partial charge on any atom is -0.507 e. The number of ketones is 1. The highest BCUT2D eigenvalue weighted by Gasteiger charge is 2.45. The summed E-state index contributed by atoms with van der Waals surface area (Å²) >= 11 is 0. The molecule has 4 rings (SSSR count). The molecule has 1 N–H and O–H groups in total. The molecule has 7 nitrogen and oxygen atoms in total. The van der Waals surface area contributed by atoms with Crippen molar-refractivity contribution in [1.29, 1.82) is 0 Å². The van der Waals surface area contributed by atoms with Gasteiger partial charge in [-0.1, -0.05) is 29.8 Å². The van der Waals surface area contributed by atoms with Gasteiger partial charge in [0.1, 0.15) is 18.1 Å². The largest absolute Gasteiger partial charge is 0.507 e. The Morgan fingerprint density at radius 1 is 1.06 bits per heavy atom. The lowest BCUT2D eigenvalue weighted by molar-refractivity contribution is -0.140. The second-order valence-corrected chi connectivity index (χ2v) is 8.07. The average Bonchev–Trinajstić information content (AvgIpc) is 3.11. The van der Waals surface area contributed by atoms with Crippen LogP contribution in [0.4, 0.5) is 0 Å². The minimum absolute atomic E-state index is 0.0423. The third kappa shape index (κ3) is 4.84. The summed E-state index contributed by atoms with van der Waals surface area (Å²) in [5.41, 5.74) is 3.37. The third-order valence-corrected chi connectivity index (χ3v) is 5.71. The van der Waals surface area contributed by atoms with Crippen molar-refractivity contribution in [3.63, 3.8) is 0 Å². The smallest absolute Gasteiger partial charge is 0.295 e. The van der Waals surface area contributed by atoms with Gasteiger partial charge in [0.2, 0.25) is 0 Å². The van der Waals surface area contributed by atoms with Gasteiger partial charge in [0.15, 0.2) is 0 Å². The highest BCUT2D eigenvalue weighted by molar-refractivity contribution is 6.46. The number of carbonyl (C=O) groups is 2. The second kappa shape index (κ2) is 10.3. The quantitative estimate of drug-likeness (QED) is 0.311. The zero-order valence-corrected chi connectivity index (χ0v) is 19.1. The molecule has 174 valence electrons. The predicted octanol–water partition coefficient (Wildman–Crippen LogP) is 4.04. The van der Waals surface area contributed by atoms with E-state index in [2.05, 4.69) is 11.1 Å². The summed E-state index contributed by atoms with van der Waals surface area (Å²) in [7, 11) is 1.53. The van der Waals surface area contributed by atoms with Crippen molar-refractivity contribution in [3.8, 4) is 5.75 Å². The molecule has 0 spiro atoms. The predicted molar refractivity (Wildman–Crippen MR) is 127 cm³/mol. The minimum atomic E-state index is -0.727. The number of nitrogens with zero attached hydrogens (tertiary/aromatic N) is 2. The number of likely N-dealkylation sites (tertiary alicyclic amines) is 1. The summed E-state index contributed by atoms with van der Waals surface area (Å²) in [5, 5.41) is 11.1. The fraction of sp³-hybridized carbons (Fsp3) is 0.222. The first-order valence-electron chi connectivity index (χ1n) is 11.0.